The molecule has 6 aliphatic heterocycles. The summed E-state index contributed by atoms with van der Waals surface area (Å²) in [5.74, 6) is 0. The van der Waals surface area contributed by atoms with Gasteiger partial charge >= 0.3 is 71.0 Å². The second-order valence-electron chi connectivity index (χ2n) is 29.9. The molecule has 16 nitrogen and oxygen atoms in total. The summed E-state index contributed by atoms with van der Waals surface area (Å²) in [6.45, 7) is 17.4. The van der Waals surface area contributed by atoms with Crippen LogP contribution in [0, 0.1) is 40.0 Å². The van der Waals surface area contributed by atoms with Gasteiger partial charge in [0.1, 0.15) is 36.9 Å². The summed E-state index contributed by atoms with van der Waals surface area (Å²) in [7, 11) is 0. The predicted molar refractivity (Wildman–Crippen MR) is 402 cm³/mol. The Morgan fingerprint density at radius 2 is 0.454 bits per heavy atom. The fraction of sp³-hybridized carbons (Fsp3) is 0.688. The molecule has 0 unspecified atom stereocenters. The topological polar surface area (TPSA) is 56.5 Å². The second-order valence-corrected chi connectivity index (χ2v) is 46.5. The van der Waals surface area contributed by atoms with Crippen LogP contribution in [-0.2, 0) is 38.9 Å². The first-order valence-corrected chi connectivity index (χ1v) is 51.2. The van der Waals surface area contributed by atoms with Crippen LogP contribution in [0.25, 0.3) is 0 Å². The Kier molecular flexibility index (Phi) is 33.0. The van der Waals surface area contributed by atoms with Gasteiger partial charge in [0.25, 0.3) is 0 Å². The number of aromatic nitrogens is 4. The first-order chi connectivity index (χ1) is 46.9. The Morgan fingerprint density at radius 1 is 0.278 bits per heavy atom. The zero-order valence-electron chi connectivity index (χ0n) is 58.1. The van der Waals surface area contributed by atoms with Gasteiger partial charge in [-0.15, -0.1) is 0 Å². The number of hydrogen-bond acceptors (Lipinski definition) is 12. The smallest absolute Gasteiger partial charge is 0.234 e. The maximum atomic E-state index is 2.43. The van der Waals surface area contributed by atoms with E-state index in [1.165, 1.54) is 257 Å². The molecular formula is C77H124I2N16Pt2+2. The van der Waals surface area contributed by atoms with E-state index >= 15 is 0 Å². The molecule has 0 amide bonds. The van der Waals surface area contributed by atoms with Crippen LogP contribution < -0.4 is 9.13 Å². The Morgan fingerprint density at radius 3 is 0.639 bits per heavy atom. The van der Waals surface area contributed by atoms with Crippen molar-refractivity contribution in [1.29, 1.82) is 0 Å². The molecule has 8 fully saturated rings. The van der Waals surface area contributed by atoms with E-state index < -0.39 is 0 Å². The number of imidazole rings is 2. The molecule has 0 atom stereocenters. The van der Waals surface area contributed by atoms with Gasteiger partial charge in [0, 0.05) is 56.3 Å². The quantitative estimate of drug-likeness (QED) is 0.0914. The average Bonchev–Trinajstić information content (AvgIpc) is 2.17. The van der Waals surface area contributed by atoms with Crippen molar-refractivity contribution in [1.82, 2.24) is 67.9 Å². The molecule has 97 heavy (non-hydrogen) atoms. The van der Waals surface area contributed by atoms with E-state index in [0.29, 0.717) is 11.2 Å². The fourth-order valence-corrected chi connectivity index (χ4v) is 17.5. The van der Waals surface area contributed by atoms with Gasteiger partial charge in [-0.2, -0.15) is 49.1 Å². The molecule has 8 aliphatic carbocycles. The molecule has 14 aliphatic rings. The summed E-state index contributed by atoms with van der Waals surface area (Å²) < 4.78 is 9.47. The molecule has 16 rings (SSSR count). The van der Waals surface area contributed by atoms with E-state index in [0.717, 1.165) is 75.0 Å². The van der Waals surface area contributed by atoms with Crippen molar-refractivity contribution in [3.8, 4) is 0 Å². The minimum atomic E-state index is 0. The van der Waals surface area contributed by atoms with E-state index in [-0.39, 0.29) is 28.5 Å². The van der Waals surface area contributed by atoms with Crippen LogP contribution >= 0.6 is 38.7 Å². The molecule has 20 heteroatoms. The predicted octanol–water partition coefficient (Wildman–Crippen LogP) is 17.9. The standard InChI is InChI=1S/4C19H30N4.CH4.2HI.2Pt/c4*1-3-7-18(8-4-1)22-13-11-20(16-22)15-21-12-14-23(17-21)19-9-5-2-6-10-19;;;;;/h4*11-14,16-19H,1-10,15H2;1H4;2*1H;;/q3*-2;+2;;;;2*+4/p-2. The van der Waals surface area contributed by atoms with E-state index in [4.69, 9.17) is 0 Å². The monoisotopic (exact) mass is 1920 g/mol. The van der Waals surface area contributed by atoms with Crippen molar-refractivity contribution in [3.63, 3.8) is 0 Å². The minimum absolute atomic E-state index is 0. The van der Waals surface area contributed by atoms with Gasteiger partial charge in [-0.25, -0.2) is 9.13 Å². The third-order valence-electron chi connectivity index (χ3n) is 23.0. The molecular weight excluding hydrogens is 1790 g/mol. The van der Waals surface area contributed by atoms with Gasteiger partial charge < -0.3 is 58.8 Å². The fourth-order valence-electron chi connectivity index (χ4n) is 17.5. The molecule has 8 heterocycles. The van der Waals surface area contributed by atoms with Crippen molar-refractivity contribution in [2.45, 2.75) is 319 Å². The van der Waals surface area contributed by atoms with Crippen LogP contribution in [0.1, 0.15) is 276 Å². The van der Waals surface area contributed by atoms with Gasteiger partial charge in [0.2, 0.25) is 19.3 Å². The molecule has 0 radical (unpaired) electrons. The van der Waals surface area contributed by atoms with Crippen molar-refractivity contribution in [2.75, 3.05) is 20.0 Å². The Bertz CT molecular complexity index is 2300. The molecule has 0 N–H and O–H groups in total. The maximum absolute atomic E-state index is 2.43. The molecule has 8 saturated carbocycles. The van der Waals surface area contributed by atoms with Gasteiger partial charge in [0.05, 0.1) is 0 Å². The third kappa shape index (κ3) is 23.7. The minimum Gasteiger partial charge on any atom is -0.234 e. The summed E-state index contributed by atoms with van der Waals surface area (Å²) in [6.07, 6.45) is 95.6. The number of nitrogens with zero attached hydrogens (tertiary/aromatic N) is 16. The number of rotatable bonds is 16. The molecule has 0 saturated heterocycles. The SMILES string of the molecule is C.C1=CN(C2CCCCC2)[CH-]N1CN1C=CN(C2CCCCC2)[CH-]1.C1=CN(C2CCCCC2)[CH-]N1CN1C=CN(C2CCCCC2)[CH-]1.C1=CN(C2CCCCC2)[CH-]N1CN1C=CN(C2CCCCC2)[CH-]1.[I][Pt+2][I].[Pt+4].c1c[n+](C[n+]2ccn(C3CCCCC3)c2)cn1C1CCCCC1. The first-order valence-electron chi connectivity index (χ1n) is 38.3. The van der Waals surface area contributed by atoms with E-state index in [1.807, 2.05) is 0 Å². The van der Waals surface area contributed by atoms with Gasteiger partial charge in [-0.05, 0) is 203 Å². The zero-order valence-corrected chi connectivity index (χ0v) is 67.0. The van der Waals surface area contributed by atoms with Crippen LogP contribution in [0.3, 0.4) is 0 Å². The Balaban J connectivity index is 0.000000137. The molecule has 2 aromatic heterocycles. The summed E-state index contributed by atoms with van der Waals surface area (Å²) in [6, 6.07) is 5.79. The molecule has 0 spiro atoms. The van der Waals surface area contributed by atoms with Crippen LogP contribution in [0.15, 0.2) is 112 Å². The largest absolute Gasteiger partial charge is 4.00 e. The van der Waals surface area contributed by atoms with E-state index in [1.54, 1.807) is 0 Å². The summed E-state index contributed by atoms with van der Waals surface area (Å²) in [5, 5.41) is 0. The van der Waals surface area contributed by atoms with Crippen LogP contribution in [0.5, 0.6) is 0 Å². The normalized spacial score (nSPS) is 24.2. The summed E-state index contributed by atoms with van der Waals surface area (Å²) >= 11 is 5.30. The van der Waals surface area contributed by atoms with Gasteiger partial charge in [0.15, 0.2) is 0 Å². The zero-order chi connectivity index (χ0) is 64.6. The number of halogens is 2. The Labute approximate surface area is 633 Å². The molecule has 2 aromatic rings. The van der Waals surface area contributed by atoms with Gasteiger partial charge in [-0.3, -0.25) is 0 Å². The average molecular weight is 1920 g/mol. The van der Waals surface area contributed by atoms with Crippen LogP contribution in [0.4, 0.5) is 0 Å². The van der Waals surface area contributed by atoms with Gasteiger partial charge in [-0.1, -0.05) is 136 Å². The van der Waals surface area contributed by atoms with Crippen molar-refractivity contribution in [2.24, 2.45) is 0 Å². The van der Waals surface area contributed by atoms with Crippen LogP contribution in [0.2, 0.25) is 0 Å². The van der Waals surface area contributed by atoms with Crippen LogP contribution in [-0.4, -0.2) is 124 Å². The maximum Gasteiger partial charge on any atom is 4.00 e. The van der Waals surface area contributed by atoms with E-state index in [2.05, 4.69) is 268 Å². The molecule has 544 valence electrons. The van der Waals surface area contributed by atoms with Crippen molar-refractivity contribution in [3.05, 3.63) is 152 Å². The van der Waals surface area contributed by atoms with E-state index in [9.17, 15) is 0 Å². The molecule has 0 aromatic carbocycles. The van der Waals surface area contributed by atoms with Crippen molar-refractivity contribution < 1.29 is 41.4 Å². The van der Waals surface area contributed by atoms with Crippen molar-refractivity contribution >= 4 is 38.7 Å². The third-order valence-corrected chi connectivity index (χ3v) is 23.0. The summed E-state index contributed by atoms with van der Waals surface area (Å²) in [4.78, 5) is 28.4. The second kappa shape index (κ2) is 41.6. The first kappa shape index (κ1) is 76.9. The summed E-state index contributed by atoms with van der Waals surface area (Å²) in [5.41, 5.74) is 0. The Hall–Kier alpha value is -2.70. The number of hydrogen-bond donors (Lipinski definition) is 0. The molecule has 0 bridgehead atoms.